The first-order valence-corrected chi connectivity index (χ1v) is 9.55. The van der Waals surface area contributed by atoms with E-state index in [-0.39, 0.29) is 12.0 Å². The van der Waals surface area contributed by atoms with Crippen LogP contribution in [-0.2, 0) is 4.74 Å². The van der Waals surface area contributed by atoms with Crippen molar-refractivity contribution in [2.45, 2.75) is 31.4 Å². The second kappa shape index (κ2) is 6.57. The summed E-state index contributed by atoms with van der Waals surface area (Å²) in [6.45, 7) is 1.56. The van der Waals surface area contributed by atoms with Crippen molar-refractivity contribution < 1.29 is 9.53 Å². The highest BCUT2D eigenvalue weighted by Gasteiger charge is 2.31. The van der Waals surface area contributed by atoms with Crippen LogP contribution in [0.4, 0.5) is 0 Å². The molecule has 2 aliphatic rings. The number of hydrogen-bond acceptors (Lipinski definition) is 3. The van der Waals surface area contributed by atoms with Gasteiger partial charge in [0.05, 0.1) is 17.2 Å². The van der Waals surface area contributed by atoms with Gasteiger partial charge in [-0.05, 0) is 37.1 Å². The Balaban J connectivity index is 1.64. The number of H-pyrrole nitrogens is 1. The minimum absolute atomic E-state index is 0.140. The number of carbonyl (C=O) groups is 1. The highest BCUT2D eigenvalue weighted by molar-refractivity contribution is 7.99. The Kier molecular flexibility index (Phi) is 4.31. The van der Waals surface area contributed by atoms with E-state index >= 15 is 0 Å². The number of aromatic amines is 1. The Bertz CT molecular complexity index is 687. The maximum absolute atomic E-state index is 13.3. The smallest absolute Gasteiger partial charge is 0.256 e. The highest BCUT2D eigenvalue weighted by Crippen LogP contribution is 2.27. The van der Waals surface area contributed by atoms with Crippen molar-refractivity contribution in [1.82, 2.24) is 9.88 Å². The number of aromatic nitrogens is 1. The third-order valence-corrected chi connectivity index (χ3v) is 5.99. The van der Waals surface area contributed by atoms with Crippen molar-refractivity contribution in [1.29, 1.82) is 0 Å². The molecule has 122 valence electrons. The molecule has 23 heavy (non-hydrogen) atoms. The van der Waals surface area contributed by atoms with Gasteiger partial charge in [-0.15, -0.1) is 0 Å². The van der Waals surface area contributed by atoms with E-state index in [0.717, 1.165) is 60.4 Å². The van der Waals surface area contributed by atoms with Crippen molar-refractivity contribution in [3.05, 3.63) is 36.0 Å². The molecule has 0 aliphatic carbocycles. The fourth-order valence-electron chi connectivity index (χ4n) is 3.59. The number of fused-ring (bicyclic) bond motifs is 1. The first-order chi connectivity index (χ1) is 11.3. The van der Waals surface area contributed by atoms with Crippen LogP contribution in [0, 0.1) is 0 Å². The van der Waals surface area contributed by atoms with E-state index in [9.17, 15) is 4.79 Å². The molecule has 1 N–H and O–H groups in total. The number of amides is 1. The van der Waals surface area contributed by atoms with Crippen LogP contribution in [0.25, 0.3) is 10.9 Å². The lowest BCUT2D eigenvalue weighted by molar-refractivity contribution is 0.0443. The Morgan fingerprint density at radius 2 is 2.30 bits per heavy atom. The van der Waals surface area contributed by atoms with Crippen molar-refractivity contribution in [3.8, 4) is 0 Å². The summed E-state index contributed by atoms with van der Waals surface area (Å²) < 4.78 is 5.79. The second-order valence-electron chi connectivity index (χ2n) is 6.36. The number of nitrogens with zero attached hydrogens (tertiary/aromatic N) is 1. The van der Waals surface area contributed by atoms with Gasteiger partial charge in [-0.2, -0.15) is 11.8 Å². The lowest BCUT2D eigenvalue weighted by atomic mass is 10.1. The Hall–Kier alpha value is -1.46. The van der Waals surface area contributed by atoms with Crippen LogP contribution in [0.1, 0.15) is 29.6 Å². The maximum atomic E-state index is 13.3. The first-order valence-electron chi connectivity index (χ1n) is 8.39. The molecule has 4 nitrogen and oxygen atoms in total. The number of ether oxygens (including phenoxy) is 1. The number of thioether (sulfide) groups is 1. The third kappa shape index (κ3) is 3.00. The van der Waals surface area contributed by atoms with E-state index in [2.05, 4.69) is 9.88 Å². The van der Waals surface area contributed by atoms with E-state index in [4.69, 9.17) is 4.74 Å². The van der Waals surface area contributed by atoms with Crippen molar-refractivity contribution >= 4 is 28.6 Å². The van der Waals surface area contributed by atoms with Crippen LogP contribution in [0.2, 0.25) is 0 Å². The number of nitrogens with one attached hydrogen (secondary N) is 1. The van der Waals surface area contributed by atoms with E-state index < -0.39 is 0 Å². The Morgan fingerprint density at radius 1 is 1.35 bits per heavy atom. The fourth-order valence-corrected chi connectivity index (χ4v) is 4.82. The average Bonchev–Trinajstić information content (AvgIpc) is 3.33. The van der Waals surface area contributed by atoms with Crippen LogP contribution < -0.4 is 0 Å². The molecule has 2 saturated heterocycles. The van der Waals surface area contributed by atoms with Gasteiger partial charge < -0.3 is 14.6 Å². The highest BCUT2D eigenvalue weighted by atomic mass is 32.2. The van der Waals surface area contributed by atoms with Gasteiger partial charge in [-0.25, -0.2) is 0 Å². The Morgan fingerprint density at radius 3 is 3.09 bits per heavy atom. The summed E-state index contributed by atoms with van der Waals surface area (Å²) in [6, 6.07) is 8.30. The monoisotopic (exact) mass is 330 g/mol. The van der Waals surface area contributed by atoms with Gasteiger partial charge in [-0.1, -0.05) is 12.1 Å². The third-order valence-electron chi connectivity index (χ3n) is 4.85. The predicted octanol–water partition coefficient (Wildman–Crippen LogP) is 3.29. The zero-order valence-corrected chi connectivity index (χ0v) is 14.0. The molecule has 5 heteroatoms. The topological polar surface area (TPSA) is 45.3 Å². The quantitative estimate of drug-likeness (QED) is 0.935. The summed E-state index contributed by atoms with van der Waals surface area (Å²) in [5.74, 6) is 2.33. The van der Waals surface area contributed by atoms with Crippen molar-refractivity contribution in [2.24, 2.45) is 0 Å². The molecule has 2 fully saturated rings. The Labute approximate surface area is 140 Å². The molecule has 0 saturated carbocycles. The molecule has 2 aromatic rings. The number of para-hydroxylation sites is 1. The minimum atomic E-state index is 0.140. The van der Waals surface area contributed by atoms with Crippen molar-refractivity contribution in [2.75, 3.05) is 24.7 Å². The maximum Gasteiger partial charge on any atom is 0.256 e. The average molecular weight is 330 g/mol. The molecule has 0 bridgehead atoms. The second-order valence-corrected chi connectivity index (χ2v) is 7.51. The van der Waals surface area contributed by atoms with E-state index in [1.807, 2.05) is 42.2 Å². The molecule has 1 aromatic heterocycles. The van der Waals surface area contributed by atoms with Crippen LogP contribution in [0.3, 0.4) is 0 Å². The summed E-state index contributed by atoms with van der Waals surface area (Å²) >= 11 is 1.94. The lowest BCUT2D eigenvalue weighted by Gasteiger charge is -2.31. The zero-order chi connectivity index (χ0) is 15.6. The largest absolute Gasteiger partial charge is 0.376 e. The molecular weight excluding hydrogens is 308 g/mol. The van der Waals surface area contributed by atoms with Crippen LogP contribution in [-0.4, -0.2) is 52.6 Å². The number of benzene rings is 1. The predicted molar refractivity (Wildman–Crippen MR) is 94.0 cm³/mol. The van der Waals surface area contributed by atoms with E-state index in [1.54, 1.807) is 0 Å². The fraction of sp³-hybridized carbons (Fsp3) is 0.500. The van der Waals surface area contributed by atoms with Gasteiger partial charge in [0, 0.05) is 36.5 Å². The molecule has 3 heterocycles. The molecule has 0 spiro atoms. The SMILES string of the molecule is O=C(c1cccc2cc[nH]c12)N(C[C@@H]1CCCO1)[C@@H]1CCSC1. The summed E-state index contributed by atoms with van der Waals surface area (Å²) in [6.07, 6.45) is 5.36. The molecule has 1 amide bonds. The normalized spacial score (nSPS) is 24.3. The first kappa shape index (κ1) is 15.1. The standard InChI is InChI=1S/C18H22N2O2S/c21-18(16-5-1-3-13-6-8-19-17(13)16)20(14-7-10-23-12-14)11-15-4-2-9-22-15/h1,3,5-6,8,14-15,19H,2,4,7,9-12H2/t14-,15+/m1/s1. The van der Waals surface area contributed by atoms with Gasteiger partial charge >= 0.3 is 0 Å². The van der Waals surface area contributed by atoms with E-state index in [1.165, 1.54) is 0 Å². The zero-order valence-electron chi connectivity index (χ0n) is 13.2. The molecule has 4 rings (SSSR count). The summed E-state index contributed by atoms with van der Waals surface area (Å²) in [5, 5.41) is 1.09. The molecule has 1 aromatic carbocycles. The molecular formula is C18H22N2O2S. The number of carbonyl (C=O) groups excluding carboxylic acids is 1. The van der Waals surface area contributed by atoms with Gasteiger partial charge in [0.25, 0.3) is 5.91 Å². The number of rotatable bonds is 4. The summed E-state index contributed by atoms with van der Waals surface area (Å²) in [4.78, 5) is 18.6. The lowest BCUT2D eigenvalue weighted by Crippen LogP contribution is -2.44. The number of hydrogen-bond donors (Lipinski definition) is 1. The molecule has 2 atom stereocenters. The molecule has 0 unspecified atom stereocenters. The van der Waals surface area contributed by atoms with Crippen LogP contribution in [0.5, 0.6) is 0 Å². The van der Waals surface area contributed by atoms with E-state index in [0.29, 0.717) is 6.04 Å². The minimum Gasteiger partial charge on any atom is -0.376 e. The summed E-state index contributed by atoms with van der Waals surface area (Å²) in [7, 11) is 0. The van der Waals surface area contributed by atoms with Gasteiger partial charge in [0.2, 0.25) is 0 Å². The van der Waals surface area contributed by atoms with Gasteiger partial charge in [0.1, 0.15) is 0 Å². The summed E-state index contributed by atoms with van der Waals surface area (Å²) in [5.41, 5.74) is 1.72. The van der Waals surface area contributed by atoms with Gasteiger partial charge in [0.15, 0.2) is 0 Å². The van der Waals surface area contributed by atoms with Gasteiger partial charge in [-0.3, -0.25) is 4.79 Å². The van der Waals surface area contributed by atoms with Crippen molar-refractivity contribution in [3.63, 3.8) is 0 Å². The van der Waals surface area contributed by atoms with Crippen LogP contribution in [0.15, 0.2) is 30.5 Å². The molecule has 0 radical (unpaired) electrons. The molecule has 2 aliphatic heterocycles. The van der Waals surface area contributed by atoms with Crippen LogP contribution >= 0.6 is 11.8 Å².